The minimum absolute atomic E-state index is 0.00352. The van der Waals surface area contributed by atoms with Gasteiger partial charge in [-0.25, -0.2) is 5.10 Å². The molecule has 27 heavy (non-hydrogen) atoms. The van der Waals surface area contributed by atoms with Gasteiger partial charge >= 0.3 is 5.97 Å². The van der Waals surface area contributed by atoms with Gasteiger partial charge in [0.15, 0.2) is 5.76 Å². The Morgan fingerprint density at radius 2 is 1.78 bits per heavy atom. The highest BCUT2D eigenvalue weighted by Gasteiger charge is 2.13. The van der Waals surface area contributed by atoms with Crippen LogP contribution in [0.3, 0.4) is 0 Å². The number of carbonyl (C=O) groups is 1. The van der Waals surface area contributed by atoms with Gasteiger partial charge in [-0.3, -0.25) is 9.59 Å². The highest BCUT2D eigenvalue weighted by Crippen LogP contribution is 2.20. The summed E-state index contributed by atoms with van der Waals surface area (Å²) in [6.07, 6.45) is -0.0549. The number of hydrogen-bond acceptors (Lipinski definition) is 6. The van der Waals surface area contributed by atoms with Crippen LogP contribution in [-0.2, 0) is 22.6 Å². The van der Waals surface area contributed by atoms with Crippen molar-refractivity contribution in [1.82, 2.24) is 15.4 Å². The van der Waals surface area contributed by atoms with Crippen LogP contribution < -0.4 is 5.56 Å². The molecule has 2 aromatic heterocycles. The molecule has 0 radical (unpaired) electrons. The number of benzene rings is 2. The van der Waals surface area contributed by atoms with E-state index in [-0.39, 0.29) is 18.6 Å². The fourth-order valence-electron chi connectivity index (χ4n) is 2.77. The standard InChI is InChI=1S/C20H15N3O4/c24-19(11-17-15-8-4-5-9-16(15)20(25)22-21-17)26-12-14-10-18(27-23-14)13-6-2-1-3-7-13/h1-10H,11-12H2,(H,22,25). The number of nitrogens with one attached hydrogen (secondary N) is 1. The maximum absolute atomic E-state index is 12.2. The zero-order chi connectivity index (χ0) is 18.6. The summed E-state index contributed by atoms with van der Waals surface area (Å²) >= 11 is 0. The number of hydrogen-bond donors (Lipinski definition) is 1. The summed E-state index contributed by atoms with van der Waals surface area (Å²) in [5.41, 5.74) is 1.58. The molecular weight excluding hydrogens is 346 g/mol. The van der Waals surface area contributed by atoms with Crippen molar-refractivity contribution < 1.29 is 14.1 Å². The second-order valence-corrected chi connectivity index (χ2v) is 5.93. The van der Waals surface area contributed by atoms with Crippen LogP contribution in [0.15, 0.2) is 70.0 Å². The first-order valence-corrected chi connectivity index (χ1v) is 8.33. The molecule has 0 atom stereocenters. The predicted octanol–water partition coefficient (Wildman–Crippen LogP) is 2.86. The molecule has 1 N–H and O–H groups in total. The van der Waals surface area contributed by atoms with E-state index >= 15 is 0 Å². The minimum Gasteiger partial charge on any atom is -0.459 e. The SMILES string of the molecule is O=C(Cc1n[nH]c(=O)c2ccccc12)OCc1cc(-c2ccccc2)on1. The Labute approximate surface area is 153 Å². The second-order valence-electron chi connectivity index (χ2n) is 5.93. The van der Waals surface area contributed by atoms with Gasteiger partial charge in [-0.1, -0.05) is 53.7 Å². The maximum atomic E-state index is 12.2. The maximum Gasteiger partial charge on any atom is 0.312 e. The molecule has 0 bridgehead atoms. The lowest BCUT2D eigenvalue weighted by Crippen LogP contribution is -2.15. The van der Waals surface area contributed by atoms with Crippen molar-refractivity contribution in [1.29, 1.82) is 0 Å². The molecule has 134 valence electrons. The first kappa shape index (κ1) is 16.7. The molecule has 0 aliphatic heterocycles. The Morgan fingerprint density at radius 3 is 2.59 bits per heavy atom. The van der Waals surface area contributed by atoms with Gasteiger partial charge in [0.2, 0.25) is 0 Å². The average molecular weight is 361 g/mol. The number of esters is 1. The summed E-state index contributed by atoms with van der Waals surface area (Å²) in [7, 11) is 0. The molecule has 2 heterocycles. The summed E-state index contributed by atoms with van der Waals surface area (Å²) < 4.78 is 10.5. The molecule has 0 aliphatic rings. The molecule has 0 unspecified atom stereocenters. The fourth-order valence-corrected chi connectivity index (χ4v) is 2.77. The Hall–Kier alpha value is -3.74. The Morgan fingerprint density at radius 1 is 1.04 bits per heavy atom. The lowest BCUT2D eigenvalue weighted by Gasteiger charge is -2.05. The molecule has 4 rings (SSSR count). The van der Waals surface area contributed by atoms with Crippen molar-refractivity contribution in [2.75, 3.05) is 0 Å². The van der Waals surface area contributed by atoms with Gasteiger partial charge in [-0.2, -0.15) is 5.10 Å². The van der Waals surface area contributed by atoms with Gasteiger partial charge in [0.05, 0.1) is 17.5 Å². The highest BCUT2D eigenvalue weighted by atomic mass is 16.5. The van der Waals surface area contributed by atoms with Crippen LogP contribution in [-0.4, -0.2) is 21.3 Å². The molecule has 4 aromatic rings. The Kier molecular flexibility index (Phi) is 4.49. The third-order valence-electron chi connectivity index (χ3n) is 4.09. The topological polar surface area (TPSA) is 98.1 Å². The fraction of sp³-hybridized carbons (Fsp3) is 0.100. The van der Waals surface area contributed by atoms with E-state index in [1.807, 2.05) is 30.3 Å². The number of carbonyl (C=O) groups excluding carboxylic acids is 1. The van der Waals surface area contributed by atoms with Crippen molar-refractivity contribution in [3.63, 3.8) is 0 Å². The van der Waals surface area contributed by atoms with Gasteiger partial charge < -0.3 is 9.26 Å². The first-order valence-electron chi connectivity index (χ1n) is 8.33. The van der Waals surface area contributed by atoms with Gasteiger partial charge in [0.25, 0.3) is 5.56 Å². The van der Waals surface area contributed by atoms with Crippen LogP contribution in [0.5, 0.6) is 0 Å². The predicted molar refractivity (Wildman–Crippen MR) is 97.8 cm³/mol. The van der Waals surface area contributed by atoms with E-state index in [1.165, 1.54) is 0 Å². The second kappa shape index (κ2) is 7.25. The van der Waals surface area contributed by atoms with Crippen molar-refractivity contribution >= 4 is 16.7 Å². The molecule has 0 saturated carbocycles. The summed E-state index contributed by atoms with van der Waals surface area (Å²) in [6, 6.07) is 18.3. The largest absolute Gasteiger partial charge is 0.459 e. The van der Waals surface area contributed by atoms with Crippen molar-refractivity contribution in [2.45, 2.75) is 13.0 Å². The van der Waals surface area contributed by atoms with Gasteiger partial charge in [-0.05, 0) is 6.07 Å². The van der Waals surface area contributed by atoms with Crippen LogP contribution in [0.1, 0.15) is 11.4 Å². The zero-order valence-electron chi connectivity index (χ0n) is 14.2. The van der Waals surface area contributed by atoms with Crippen LogP contribution in [0, 0.1) is 0 Å². The van der Waals surface area contributed by atoms with Crippen molar-refractivity contribution in [2.24, 2.45) is 0 Å². The molecule has 7 heteroatoms. The van der Waals surface area contributed by atoms with E-state index in [2.05, 4.69) is 15.4 Å². The third-order valence-corrected chi connectivity index (χ3v) is 4.09. The molecule has 0 amide bonds. The van der Waals surface area contributed by atoms with E-state index in [9.17, 15) is 9.59 Å². The summed E-state index contributed by atoms with van der Waals surface area (Å²) in [5.74, 6) is 0.138. The molecule has 0 fully saturated rings. The van der Waals surface area contributed by atoms with Crippen LogP contribution >= 0.6 is 0 Å². The number of rotatable bonds is 5. The summed E-state index contributed by atoms with van der Waals surface area (Å²) in [6.45, 7) is -0.00352. The number of ether oxygens (including phenoxy) is 1. The summed E-state index contributed by atoms with van der Waals surface area (Å²) in [4.78, 5) is 24.0. The van der Waals surface area contributed by atoms with Gasteiger partial charge in [0, 0.05) is 17.0 Å². The average Bonchev–Trinajstić information content (AvgIpc) is 3.19. The van der Waals surface area contributed by atoms with Crippen LogP contribution in [0.4, 0.5) is 0 Å². The van der Waals surface area contributed by atoms with Crippen molar-refractivity contribution in [3.05, 3.63) is 82.4 Å². The van der Waals surface area contributed by atoms with E-state index in [4.69, 9.17) is 9.26 Å². The number of fused-ring (bicyclic) bond motifs is 1. The van der Waals surface area contributed by atoms with Crippen LogP contribution in [0.2, 0.25) is 0 Å². The molecule has 0 saturated heterocycles. The van der Waals surface area contributed by atoms with E-state index < -0.39 is 5.97 Å². The lowest BCUT2D eigenvalue weighted by molar-refractivity contribution is -0.144. The normalized spacial score (nSPS) is 10.8. The van der Waals surface area contributed by atoms with Gasteiger partial charge in [0.1, 0.15) is 12.3 Å². The lowest BCUT2D eigenvalue weighted by atomic mass is 10.1. The van der Waals surface area contributed by atoms with E-state index in [0.717, 1.165) is 5.56 Å². The van der Waals surface area contributed by atoms with Crippen molar-refractivity contribution in [3.8, 4) is 11.3 Å². The minimum atomic E-state index is -0.469. The number of aromatic amines is 1. The molecule has 0 spiro atoms. The molecule has 2 aromatic carbocycles. The zero-order valence-corrected chi connectivity index (χ0v) is 14.2. The van der Waals surface area contributed by atoms with E-state index in [1.54, 1.807) is 30.3 Å². The smallest absolute Gasteiger partial charge is 0.312 e. The molecule has 0 aliphatic carbocycles. The van der Waals surface area contributed by atoms with Crippen LogP contribution in [0.25, 0.3) is 22.1 Å². The number of aromatic nitrogens is 3. The third kappa shape index (κ3) is 3.62. The summed E-state index contributed by atoms with van der Waals surface area (Å²) in [5, 5.41) is 11.4. The van der Waals surface area contributed by atoms with Gasteiger partial charge in [-0.15, -0.1) is 0 Å². The Balaban J connectivity index is 1.43. The quantitative estimate of drug-likeness (QED) is 0.549. The highest BCUT2D eigenvalue weighted by molar-refractivity contribution is 5.86. The van der Waals surface area contributed by atoms with E-state index in [0.29, 0.717) is 27.9 Å². The Bertz CT molecular complexity index is 1150. The molecule has 7 nitrogen and oxygen atoms in total. The number of H-pyrrole nitrogens is 1. The number of nitrogens with zero attached hydrogens (tertiary/aromatic N) is 2. The monoisotopic (exact) mass is 361 g/mol. The first-order chi connectivity index (χ1) is 13.2. The molecular formula is C20H15N3O4.